The Bertz CT molecular complexity index is 925. The number of ketones is 1. The van der Waals surface area contributed by atoms with Crippen molar-refractivity contribution in [3.05, 3.63) is 59.2 Å². The maximum Gasteiger partial charge on any atom is 0.210 e. The quantitative estimate of drug-likeness (QED) is 0.462. The van der Waals surface area contributed by atoms with Crippen LogP contribution in [-0.4, -0.2) is 28.8 Å². The van der Waals surface area contributed by atoms with Gasteiger partial charge < -0.3 is 10.1 Å². The largest absolute Gasteiger partial charge is 0.496 e. The van der Waals surface area contributed by atoms with E-state index in [1.165, 1.54) is 34.2 Å². The molecule has 0 radical (unpaired) electrons. The van der Waals surface area contributed by atoms with Crippen LogP contribution in [0, 0.1) is 13.8 Å². The number of rotatable bonds is 7. The molecule has 7 heteroatoms. The van der Waals surface area contributed by atoms with Crippen molar-refractivity contribution in [3.8, 4) is 5.75 Å². The molecule has 0 aliphatic rings. The molecule has 1 aromatic heterocycles. The standard InChI is InChI=1S/C19H19N3O2S2/c1-12-7-6-9-15(13(12)2)20-18-21-22-19(26-18)25-11-16(23)14-8-4-5-10-17(14)24-3/h4-10H,11H2,1-3H3,(H,20,21). The highest BCUT2D eigenvalue weighted by atomic mass is 32.2. The molecule has 0 fully saturated rings. The minimum atomic E-state index is 0.00619. The Morgan fingerprint density at radius 2 is 1.96 bits per heavy atom. The zero-order chi connectivity index (χ0) is 18.5. The van der Waals surface area contributed by atoms with E-state index in [4.69, 9.17) is 4.74 Å². The molecule has 0 spiro atoms. The number of para-hydroxylation sites is 1. The number of Topliss-reactive ketones (excluding diaryl/α,β-unsaturated/α-hetero) is 1. The summed E-state index contributed by atoms with van der Waals surface area (Å²) in [7, 11) is 1.56. The molecular weight excluding hydrogens is 366 g/mol. The van der Waals surface area contributed by atoms with E-state index in [2.05, 4.69) is 35.4 Å². The van der Waals surface area contributed by atoms with Crippen LogP contribution in [0.1, 0.15) is 21.5 Å². The number of nitrogens with one attached hydrogen (secondary N) is 1. The fraction of sp³-hybridized carbons (Fsp3) is 0.211. The molecule has 1 heterocycles. The third-order valence-corrected chi connectivity index (χ3v) is 5.96. The lowest BCUT2D eigenvalue weighted by Crippen LogP contribution is -2.04. The number of ether oxygens (including phenoxy) is 1. The SMILES string of the molecule is COc1ccccc1C(=O)CSc1nnc(Nc2cccc(C)c2C)s1. The van der Waals surface area contributed by atoms with Gasteiger partial charge in [0.05, 0.1) is 18.4 Å². The molecule has 26 heavy (non-hydrogen) atoms. The molecule has 2 aromatic carbocycles. The normalized spacial score (nSPS) is 10.6. The number of anilines is 2. The fourth-order valence-corrected chi connectivity index (χ4v) is 4.05. The lowest BCUT2D eigenvalue weighted by Gasteiger charge is -2.08. The Kier molecular flexibility index (Phi) is 5.90. The highest BCUT2D eigenvalue weighted by Gasteiger charge is 2.14. The highest BCUT2D eigenvalue weighted by molar-refractivity contribution is 8.01. The Morgan fingerprint density at radius 3 is 2.77 bits per heavy atom. The molecule has 3 aromatic rings. The van der Waals surface area contributed by atoms with Gasteiger partial charge in [-0.15, -0.1) is 10.2 Å². The summed E-state index contributed by atoms with van der Waals surface area (Å²) in [6.07, 6.45) is 0. The Hall–Kier alpha value is -2.38. The van der Waals surface area contributed by atoms with Crippen molar-refractivity contribution in [2.75, 3.05) is 18.2 Å². The monoisotopic (exact) mass is 385 g/mol. The summed E-state index contributed by atoms with van der Waals surface area (Å²) in [5.74, 6) is 0.887. The van der Waals surface area contributed by atoms with Crippen LogP contribution in [0.4, 0.5) is 10.8 Å². The zero-order valence-electron chi connectivity index (χ0n) is 14.8. The first kappa shape index (κ1) is 18.4. The van der Waals surface area contributed by atoms with Crippen LogP contribution in [0.3, 0.4) is 0 Å². The summed E-state index contributed by atoms with van der Waals surface area (Å²) in [6, 6.07) is 13.3. The van der Waals surface area contributed by atoms with Crippen LogP contribution >= 0.6 is 23.1 Å². The Balaban J connectivity index is 1.64. The van der Waals surface area contributed by atoms with Gasteiger partial charge in [0.1, 0.15) is 5.75 Å². The van der Waals surface area contributed by atoms with Crippen molar-refractivity contribution in [1.82, 2.24) is 10.2 Å². The summed E-state index contributed by atoms with van der Waals surface area (Å²) in [5, 5.41) is 12.3. The van der Waals surface area contributed by atoms with Crippen LogP contribution in [-0.2, 0) is 0 Å². The van der Waals surface area contributed by atoms with Gasteiger partial charge in [-0.25, -0.2) is 0 Å². The molecule has 0 aliphatic carbocycles. The second kappa shape index (κ2) is 8.33. The van der Waals surface area contributed by atoms with Crippen LogP contribution < -0.4 is 10.1 Å². The van der Waals surface area contributed by atoms with Crippen LogP contribution in [0.2, 0.25) is 0 Å². The molecule has 0 atom stereocenters. The predicted molar refractivity (Wildman–Crippen MR) is 107 cm³/mol. The van der Waals surface area contributed by atoms with Gasteiger partial charge in [-0.05, 0) is 43.2 Å². The number of aryl methyl sites for hydroxylation is 1. The second-order valence-electron chi connectivity index (χ2n) is 5.66. The molecule has 5 nitrogen and oxygen atoms in total. The molecule has 0 saturated carbocycles. The molecule has 3 rings (SSSR count). The van der Waals surface area contributed by atoms with Gasteiger partial charge in [0.2, 0.25) is 5.13 Å². The first-order chi connectivity index (χ1) is 12.6. The fourth-order valence-electron chi connectivity index (χ4n) is 2.40. The van der Waals surface area contributed by atoms with Gasteiger partial charge in [-0.1, -0.05) is 47.4 Å². The number of nitrogens with zero attached hydrogens (tertiary/aromatic N) is 2. The van der Waals surface area contributed by atoms with Crippen LogP contribution in [0.5, 0.6) is 5.75 Å². The van der Waals surface area contributed by atoms with Crippen molar-refractivity contribution in [2.24, 2.45) is 0 Å². The third kappa shape index (κ3) is 4.23. The maximum atomic E-state index is 12.4. The van der Waals surface area contributed by atoms with E-state index < -0.39 is 0 Å². The first-order valence-corrected chi connectivity index (χ1v) is 9.84. The van der Waals surface area contributed by atoms with E-state index in [0.29, 0.717) is 22.2 Å². The van der Waals surface area contributed by atoms with Gasteiger partial charge in [-0.3, -0.25) is 4.79 Å². The van der Waals surface area contributed by atoms with E-state index in [1.807, 2.05) is 24.3 Å². The van der Waals surface area contributed by atoms with Crippen molar-refractivity contribution >= 4 is 39.7 Å². The molecule has 0 bridgehead atoms. The Labute approximate surface area is 160 Å². The van der Waals surface area contributed by atoms with Crippen molar-refractivity contribution in [2.45, 2.75) is 18.2 Å². The van der Waals surface area contributed by atoms with E-state index in [0.717, 1.165) is 10.0 Å². The number of hydrogen-bond acceptors (Lipinski definition) is 7. The zero-order valence-corrected chi connectivity index (χ0v) is 16.4. The number of carbonyl (C=O) groups is 1. The molecule has 134 valence electrons. The van der Waals surface area contributed by atoms with Gasteiger partial charge in [0.15, 0.2) is 10.1 Å². The van der Waals surface area contributed by atoms with Crippen LogP contribution in [0.25, 0.3) is 0 Å². The van der Waals surface area contributed by atoms with Crippen LogP contribution in [0.15, 0.2) is 46.8 Å². The molecular formula is C19H19N3O2S2. The lowest BCUT2D eigenvalue weighted by atomic mass is 10.1. The maximum absolute atomic E-state index is 12.4. The molecule has 0 saturated heterocycles. The van der Waals surface area contributed by atoms with Gasteiger partial charge in [0.25, 0.3) is 0 Å². The third-order valence-electron chi connectivity index (χ3n) is 3.99. The predicted octanol–water partition coefficient (Wildman–Crippen LogP) is 4.88. The van der Waals surface area contributed by atoms with Crippen molar-refractivity contribution in [3.63, 3.8) is 0 Å². The number of aromatic nitrogens is 2. The average Bonchev–Trinajstić information content (AvgIpc) is 3.11. The first-order valence-electron chi connectivity index (χ1n) is 8.04. The molecule has 0 unspecified atom stereocenters. The van der Waals surface area contributed by atoms with E-state index in [9.17, 15) is 4.79 Å². The van der Waals surface area contributed by atoms with Gasteiger partial charge in [-0.2, -0.15) is 0 Å². The van der Waals surface area contributed by atoms with E-state index in [-0.39, 0.29) is 5.78 Å². The van der Waals surface area contributed by atoms with E-state index in [1.54, 1.807) is 19.2 Å². The molecule has 0 aliphatic heterocycles. The molecule has 1 N–H and O–H groups in total. The summed E-state index contributed by atoms with van der Waals surface area (Å²) < 4.78 is 6.00. The van der Waals surface area contributed by atoms with Crippen molar-refractivity contribution < 1.29 is 9.53 Å². The number of methoxy groups -OCH3 is 1. The summed E-state index contributed by atoms with van der Waals surface area (Å²) in [4.78, 5) is 12.4. The average molecular weight is 386 g/mol. The summed E-state index contributed by atoms with van der Waals surface area (Å²) in [6.45, 7) is 4.14. The molecule has 0 amide bonds. The Morgan fingerprint density at radius 1 is 1.15 bits per heavy atom. The number of thioether (sulfide) groups is 1. The topological polar surface area (TPSA) is 64.1 Å². The minimum absolute atomic E-state index is 0.00619. The van der Waals surface area contributed by atoms with E-state index >= 15 is 0 Å². The van der Waals surface area contributed by atoms with Gasteiger partial charge >= 0.3 is 0 Å². The number of benzene rings is 2. The summed E-state index contributed by atoms with van der Waals surface area (Å²) >= 11 is 2.82. The number of carbonyl (C=O) groups excluding carboxylic acids is 1. The lowest BCUT2D eigenvalue weighted by molar-refractivity contribution is 0.101. The number of hydrogen-bond donors (Lipinski definition) is 1. The highest BCUT2D eigenvalue weighted by Crippen LogP contribution is 2.30. The van der Waals surface area contributed by atoms with Crippen molar-refractivity contribution in [1.29, 1.82) is 0 Å². The second-order valence-corrected chi connectivity index (χ2v) is 7.86. The smallest absolute Gasteiger partial charge is 0.210 e. The minimum Gasteiger partial charge on any atom is -0.496 e. The van der Waals surface area contributed by atoms with Gasteiger partial charge in [0, 0.05) is 5.69 Å². The summed E-state index contributed by atoms with van der Waals surface area (Å²) in [5.41, 5.74) is 4.00.